The summed E-state index contributed by atoms with van der Waals surface area (Å²) in [7, 11) is 3.08. The Morgan fingerprint density at radius 3 is 1.23 bits per heavy atom. The molecule has 0 radical (unpaired) electrons. The van der Waals surface area contributed by atoms with Gasteiger partial charge in [0.1, 0.15) is 0 Å². The molecule has 2 heterocycles. The van der Waals surface area contributed by atoms with Crippen LogP contribution in [0, 0.1) is 0 Å². The molecule has 0 saturated carbocycles. The van der Waals surface area contributed by atoms with Crippen molar-refractivity contribution >= 4 is 33.4 Å². The smallest absolute Gasteiger partial charge is 0.255 e. The Bertz CT molecular complexity index is 1590. The van der Waals surface area contributed by atoms with E-state index < -0.39 is 0 Å². The Kier molecular flexibility index (Phi) is 14.2. The SMILES string of the molecule is CCOC(CN1CCN(C(=O)c2ccccc2SSc2ccccc2C(=O)N2CCN(CC(OCC)c3ccccc3)CC2)CC1)c1ccccc1. The minimum absolute atomic E-state index is 0.0142. The van der Waals surface area contributed by atoms with Crippen LogP contribution in [0.3, 0.4) is 0 Å². The van der Waals surface area contributed by atoms with Gasteiger partial charge in [0, 0.05) is 88.5 Å². The summed E-state index contributed by atoms with van der Waals surface area (Å²) in [5, 5.41) is 0. The molecule has 0 bridgehead atoms. The molecule has 0 spiro atoms. The number of carbonyl (C=O) groups is 2. The molecule has 2 fully saturated rings. The molecule has 52 heavy (non-hydrogen) atoms. The van der Waals surface area contributed by atoms with Crippen molar-refractivity contribution in [3.8, 4) is 0 Å². The third-order valence-electron chi connectivity index (χ3n) is 9.70. The van der Waals surface area contributed by atoms with Crippen LogP contribution in [-0.4, -0.2) is 110 Å². The first-order chi connectivity index (χ1) is 25.5. The predicted octanol–water partition coefficient (Wildman–Crippen LogP) is 7.56. The minimum atomic E-state index is 0.0142. The van der Waals surface area contributed by atoms with Crippen molar-refractivity contribution in [2.24, 2.45) is 0 Å². The maximum atomic E-state index is 13.9. The summed E-state index contributed by atoms with van der Waals surface area (Å²) in [6.07, 6.45) is 0.0283. The number of nitrogens with zero attached hydrogens (tertiary/aromatic N) is 4. The van der Waals surface area contributed by atoms with Gasteiger partial charge in [-0.25, -0.2) is 0 Å². The molecular formula is C42H50N4O4S2. The Morgan fingerprint density at radius 2 is 0.865 bits per heavy atom. The van der Waals surface area contributed by atoms with Crippen molar-refractivity contribution in [2.75, 3.05) is 78.7 Å². The molecule has 2 unspecified atom stereocenters. The molecule has 2 aliphatic heterocycles. The van der Waals surface area contributed by atoms with Gasteiger partial charge in [0.05, 0.1) is 23.3 Å². The topological polar surface area (TPSA) is 65.6 Å². The highest BCUT2D eigenvalue weighted by Gasteiger charge is 2.28. The second-order valence-corrected chi connectivity index (χ2v) is 15.3. The van der Waals surface area contributed by atoms with Gasteiger partial charge in [0.2, 0.25) is 0 Å². The molecule has 0 aromatic heterocycles. The summed E-state index contributed by atoms with van der Waals surface area (Å²) in [4.78, 5) is 38.2. The number of carbonyl (C=O) groups excluding carboxylic acids is 2. The van der Waals surface area contributed by atoms with E-state index >= 15 is 0 Å². The standard InChI is InChI=1S/C42H50N4O4S2/c1-3-49-37(33-15-7-5-8-16-33)31-43-23-27-45(28-24-43)41(47)35-19-11-13-21-39(35)51-52-40-22-14-12-20-36(40)42(48)46-29-25-44(26-30-46)32-38(50-4-2)34-17-9-6-10-18-34/h5-22,37-38H,3-4,23-32H2,1-2H3. The highest BCUT2D eigenvalue weighted by molar-refractivity contribution is 8.76. The summed E-state index contributed by atoms with van der Waals surface area (Å²) < 4.78 is 12.2. The molecular weight excluding hydrogens is 689 g/mol. The van der Waals surface area contributed by atoms with Crippen molar-refractivity contribution in [1.29, 1.82) is 0 Å². The van der Waals surface area contributed by atoms with Gasteiger partial charge in [-0.15, -0.1) is 0 Å². The fraction of sp³-hybridized carbons (Fsp3) is 0.381. The summed E-state index contributed by atoms with van der Waals surface area (Å²) in [5.41, 5.74) is 3.77. The molecule has 2 amide bonds. The van der Waals surface area contributed by atoms with E-state index in [4.69, 9.17) is 9.47 Å². The van der Waals surface area contributed by atoms with E-state index in [-0.39, 0.29) is 24.0 Å². The molecule has 10 heteroatoms. The first-order valence-corrected chi connectivity index (χ1v) is 20.6. The maximum absolute atomic E-state index is 13.9. The van der Waals surface area contributed by atoms with E-state index in [0.29, 0.717) is 50.5 Å². The van der Waals surface area contributed by atoms with Crippen molar-refractivity contribution < 1.29 is 19.1 Å². The van der Waals surface area contributed by atoms with Crippen LogP contribution in [-0.2, 0) is 9.47 Å². The van der Waals surface area contributed by atoms with E-state index in [1.54, 1.807) is 21.6 Å². The third kappa shape index (κ3) is 10.1. The molecule has 0 N–H and O–H groups in total. The largest absolute Gasteiger partial charge is 0.372 e. The Labute approximate surface area is 316 Å². The summed E-state index contributed by atoms with van der Waals surface area (Å²) in [6, 6.07) is 36.4. The Balaban J connectivity index is 1.03. The normalized spacial score (nSPS) is 16.8. The Morgan fingerprint density at radius 1 is 0.519 bits per heavy atom. The lowest BCUT2D eigenvalue weighted by Gasteiger charge is -2.36. The van der Waals surface area contributed by atoms with E-state index in [9.17, 15) is 9.59 Å². The monoisotopic (exact) mass is 738 g/mol. The molecule has 2 saturated heterocycles. The molecule has 274 valence electrons. The van der Waals surface area contributed by atoms with Crippen LogP contribution in [0.2, 0.25) is 0 Å². The third-order valence-corrected chi connectivity index (χ3v) is 12.2. The molecule has 8 nitrogen and oxygen atoms in total. The number of ether oxygens (including phenoxy) is 2. The van der Waals surface area contributed by atoms with E-state index in [1.807, 2.05) is 84.3 Å². The lowest BCUT2D eigenvalue weighted by atomic mass is 10.1. The van der Waals surface area contributed by atoms with Crippen LogP contribution in [0.4, 0.5) is 0 Å². The minimum Gasteiger partial charge on any atom is -0.372 e. The lowest BCUT2D eigenvalue weighted by Crippen LogP contribution is -2.49. The molecule has 6 rings (SSSR count). The van der Waals surface area contributed by atoms with Crippen molar-refractivity contribution in [3.63, 3.8) is 0 Å². The number of hydrogen-bond donors (Lipinski definition) is 0. The quantitative estimate of drug-likeness (QED) is 0.116. The van der Waals surface area contributed by atoms with Crippen LogP contribution in [0.25, 0.3) is 0 Å². The number of piperazine rings is 2. The molecule has 4 aromatic carbocycles. The lowest BCUT2D eigenvalue weighted by molar-refractivity contribution is 0.0178. The second kappa shape index (κ2) is 19.4. The van der Waals surface area contributed by atoms with Crippen LogP contribution in [0.5, 0.6) is 0 Å². The molecule has 4 aromatic rings. The van der Waals surface area contributed by atoms with Crippen LogP contribution >= 0.6 is 21.6 Å². The molecule has 2 atom stereocenters. The number of hydrogen-bond acceptors (Lipinski definition) is 8. The Hall–Kier alpha value is -3.64. The van der Waals surface area contributed by atoms with Gasteiger partial charge in [-0.05, 0) is 49.2 Å². The van der Waals surface area contributed by atoms with Crippen molar-refractivity contribution in [1.82, 2.24) is 19.6 Å². The van der Waals surface area contributed by atoms with Gasteiger partial charge in [0.15, 0.2) is 0 Å². The zero-order valence-corrected chi connectivity index (χ0v) is 31.9. The average molecular weight is 739 g/mol. The van der Waals surface area contributed by atoms with Gasteiger partial charge >= 0.3 is 0 Å². The van der Waals surface area contributed by atoms with Crippen molar-refractivity contribution in [2.45, 2.75) is 35.8 Å². The van der Waals surface area contributed by atoms with E-state index in [2.05, 4.69) is 58.3 Å². The molecule has 2 aliphatic rings. The second-order valence-electron chi connectivity index (χ2n) is 13.1. The zero-order valence-electron chi connectivity index (χ0n) is 30.3. The predicted molar refractivity (Wildman–Crippen MR) is 211 cm³/mol. The van der Waals surface area contributed by atoms with Gasteiger partial charge in [-0.2, -0.15) is 0 Å². The summed E-state index contributed by atoms with van der Waals surface area (Å²) >= 11 is 0. The number of rotatable bonds is 15. The number of amides is 2. The fourth-order valence-corrected chi connectivity index (χ4v) is 9.19. The first kappa shape index (κ1) is 38.1. The van der Waals surface area contributed by atoms with Gasteiger partial charge in [0.25, 0.3) is 11.8 Å². The van der Waals surface area contributed by atoms with Crippen LogP contribution in [0.15, 0.2) is 119 Å². The maximum Gasteiger partial charge on any atom is 0.255 e. The van der Waals surface area contributed by atoms with Crippen LogP contribution in [0.1, 0.15) is 57.9 Å². The highest BCUT2D eigenvalue weighted by Crippen LogP contribution is 2.41. The summed E-state index contributed by atoms with van der Waals surface area (Å²) in [5.74, 6) is 0.0997. The van der Waals surface area contributed by atoms with Crippen molar-refractivity contribution in [3.05, 3.63) is 131 Å². The average Bonchev–Trinajstić information content (AvgIpc) is 3.20. The van der Waals surface area contributed by atoms with Gasteiger partial charge < -0.3 is 19.3 Å². The van der Waals surface area contributed by atoms with E-state index in [1.165, 1.54) is 11.1 Å². The highest BCUT2D eigenvalue weighted by atomic mass is 33.1. The fourth-order valence-electron chi connectivity index (χ4n) is 6.84. The summed E-state index contributed by atoms with van der Waals surface area (Å²) in [6.45, 7) is 12.9. The number of benzene rings is 4. The van der Waals surface area contributed by atoms with Gasteiger partial charge in [-0.1, -0.05) is 107 Å². The molecule has 0 aliphatic carbocycles. The zero-order chi connectivity index (χ0) is 36.1. The van der Waals surface area contributed by atoms with Gasteiger partial charge in [-0.3, -0.25) is 19.4 Å². The van der Waals surface area contributed by atoms with E-state index in [0.717, 1.165) is 49.1 Å². The van der Waals surface area contributed by atoms with Crippen LogP contribution < -0.4 is 0 Å². The first-order valence-electron chi connectivity index (χ1n) is 18.4.